The lowest BCUT2D eigenvalue weighted by Gasteiger charge is -2.19. The van der Waals surface area contributed by atoms with Crippen LogP contribution in [0.25, 0.3) is 0 Å². The number of carbonyl (C=O) groups is 1. The lowest BCUT2D eigenvalue weighted by atomic mass is 9.97. The van der Waals surface area contributed by atoms with Crippen molar-refractivity contribution in [2.24, 2.45) is 0 Å². The van der Waals surface area contributed by atoms with Crippen LogP contribution in [0.4, 0.5) is 4.39 Å². The number of hydrogen-bond donors (Lipinski definition) is 2. The quantitative estimate of drug-likeness (QED) is 0.621. The van der Waals surface area contributed by atoms with Crippen molar-refractivity contribution in [2.75, 3.05) is 12.5 Å². The lowest BCUT2D eigenvalue weighted by molar-refractivity contribution is 0.0153. The predicted molar refractivity (Wildman–Crippen MR) is 68.7 cm³/mol. The van der Waals surface area contributed by atoms with Crippen molar-refractivity contribution in [3.63, 3.8) is 0 Å². The van der Waals surface area contributed by atoms with Crippen LogP contribution >= 0.6 is 11.6 Å². The summed E-state index contributed by atoms with van der Waals surface area (Å²) in [6, 6.07) is 3.32. The van der Waals surface area contributed by atoms with E-state index in [4.69, 9.17) is 16.3 Å². The van der Waals surface area contributed by atoms with Crippen LogP contribution in [0.2, 0.25) is 0 Å². The van der Waals surface area contributed by atoms with E-state index in [2.05, 4.69) is 0 Å². The molecule has 1 aromatic rings. The molecule has 0 spiro atoms. The Balaban J connectivity index is 3.09. The van der Waals surface area contributed by atoms with Gasteiger partial charge in [-0.25, -0.2) is 9.18 Å². The van der Waals surface area contributed by atoms with Crippen molar-refractivity contribution >= 4 is 17.6 Å². The van der Waals surface area contributed by atoms with E-state index in [0.717, 1.165) is 12.1 Å². The van der Waals surface area contributed by atoms with Crippen LogP contribution in [-0.2, 0) is 4.74 Å². The van der Waals surface area contributed by atoms with Gasteiger partial charge in [-0.15, -0.1) is 11.6 Å². The fourth-order valence-electron chi connectivity index (χ4n) is 1.65. The van der Waals surface area contributed by atoms with Gasteiger partial charge in [-0.2, -0.15) is 0 Å². The minimum atomic E-state index is -1.39. The van der Waals surface area contributed by atoms with Gasteiger partial charge in [-0.05, 0) is 31.5 Å². The van der Waals surface area contributed by atoms with Crippen molar-refractivity contribution in [1.29, 1.82) is 0 Å². The molecule has 0 amide bonds. The second kappa shape index (κ2) is 7.43. The van der Waals surface area contributed by atoms with Gasteiger partial charge in [0.2, 0.25) is 0 Å². The molecule has 0 bridgehead atoms. The maximum Gasteiger partial charge on any atom is 0.338 e. The highest BCUT2D eigenvalue weighted by atomic mass is 35.5. The van der Waals surface area contributed by atoms with E-state index in [0.29, 0.717) is 0 Å². The number of aliphatic hydroxyl groups is 2. The first-order valence-electron chi connectivity index (χ1n) is 5.89. The number of ether oxygens (including phenoxy) is 1. The summed E-state index contributed by atoms with van der Waals surface area (Å²) in [7, 11) is 0. The average molecular weight is 291 g/mol. The van der Waals surface area contributed by atoms with Crippen LogP contribution in [0.15, 0.2) is 18.2 Å². The third-order valence-electron chi connectivity index (χ3n) is 2.60. The van der Waals surface area contributed by atoms with E-state index < -0.39 is 24.0 Å². The number of benzene rings is 1. The maximum atomic E-state index is 13.2. The average Bonchev–Trinajstić information content (AvgIpc) is 2.38. The Labute approximate surface area is 115 Å². The maximum absolute atomic E-state index is 13.2. The van der Waals surface area contributed by atoms with Gasteiger partial charge in [0, 0.05) is 11.4 Å². The Morgan fingerprint density at radius 1 is 1.47 bits per heavy atom. The standard InChI is InChI=1S/C13H16ClFO4/c1-2-19-13(18)9-4-3-8(15)7-10(9)12(17)11(16)5-6-14/h3-4,7,11-12,16-17H,2,5-6H2,1H3. The fourth-order valence-corrected chi connectivity index (χ4v) is 1.87. The summed E-state index contributed by atoms with van der Waals surface area (Å²) in [5.74, 6) is -1.14. The topological polar surface area (TPSA) is 66.8 Å². The molecule has 0 heterocycles. The largest absolute Gasteiger partial charge is 0.462 e. The van der Waals surface area contributed by atoms with E-state index in [1.54, 1.807) is 6.92 Å². The molecule has 0 aromatic heterocycles. The van der Waals surface area contributed by atoms with Crippen LogP contribution in [0, 0.1) is 5.82 Å². The molecule has 1 aromatic carbocycles. The van der Waals surface area contributed by atoms with Gasteiger partial charge in [-0.3, -0.25) is 0 Å². The number of alkyl halides is 1. The molecular weight excluding hydrogens is 275 g/mol. The molecule has 0 aliphatic rings. The Morgan fingerprint density at radius 2 is 2.16 bits per heavy atom. The molecular formula is C13H16ClFO4. The fraction of sp³-hybridized carbons (Fsp3) is 0.462. The molecule has 6 heteroatoms. The molecule has 106 valence electrons. The third-order valence-corrected chi connectivity index (χ3v) is 2.82. The molecule has 4 nitrogen and oxygen atoms in total. The zero-order chi connectivity index (χ0) is 14.4. The second-order valence-electron chi connectivity index (χ2n) is 3.94. The number of aliphatic hydroxyl groups excluding tert-OH is 2. The first-order chi connectivity index (χ1) is 9.01. The van der Waals surface area contributed by atoms with Gasteiger partial charge in [0.25, 0.3) is 0 Å². The van der Waals surface area contributed by atoms with Gasteiger partial charge < -0.3 is 14.9 Å². The highest BCUT2D eigenvalue weighted by Gasteiger charge is 2.24. The van der Waals surface area contributed by atoms with E-state index >= 15 is 0 Å². The van der Waals surface area contributed by atoms with Crippen molar-refractivity contribution in [1.82, 2.24) is 0 Å². The van der Waals surface area contributed by atoms with Crippen molar-refractivity contribution in [2.45, 2.75) is 25.6 Å². The van der Waals surface area contributed by atoms with Crippen LogP contribution < -0.4 is 0 Å². The van der Waals surface area contributed by atoms with Crippen molar-refractivity contribution in [3.05, 3.63) is 35.1 Å². The lowest BCUT2D eigenvalue weighted by Crippen LogP contribution is -2.22. The van der Waals surface area contributed by atoms with Crippen molar-refractivity contribution in [3.8, 4) is 0 Å². The summed E-state index contributed by atoms with van der Waals surface area (Å²) in [4.78, 5) is 11.7. The van der Waals surface area contributed by atoms with Gasteiger partial charge in [-0.1, -0.05) is 0 Å². The SMILES string of the molecule is CCOC(=O)c1ccc(F)cc1C(O)C(O)CCCl. The molecule has 0 aliphatic heterocycles. The number of hydrogen-bond acceptors (Lipinski definition) is 4. The number of halogens is 2. The third kappa shape index (κ3) is 4.16. The monoisotopic (exact) mass is 290 g/mol. The Kier molecular flexibility index (Phi) is 6.21. The predicted octanol–water partition coefficient (Wildman–Crippen LogP) is 2.03. The summed E-state index contributed by atoms with van der Waals surface area (Å²) in [5.41, 5.74) is 0.0282. The number of esters is 1. The van der Waals surface area contributed by atoms with Gasteiger partial charge in [0.15, 0.2) is 0 Å². The van der Waals surface area contributed by atoms with E-state index in [1.165, 1.54) is 6.07 Å². The van der Waals surface area contributed by atoms with Gasteiger partial charge in [0.1, 0.15) is 11.9 Å². The Morgan fingerprint density at radius 3 is 2.74 bits per heavy atom. The number of carbonyl (C=O) groups excluding carboxylic acids is 1. The first kappa shape index (κ1) is 15.9. The molecule has 0 saturated carbocycles. The Bertz CT molecular complexity index is 439. The summed E-state index contributed by atoms with van der Waals surface area (Å²) in [5, 5.41) is 19.6. The minimum absolute atomic E-state index is 0.00364. The van der Waals surface area contributed by atoms with Crippen LogP contribution in [0.5, 0.6) is 0 Å². The van der Waals surface area contributed by atoms with Crippen LogP contribution in [-0.4, -0.2) is 34.8 Å². The highest BCUT2D eigenvalue weighted by Crippen LogP contribution is 2.24. The van der Waals surface area contributed by atoms with Gasteiger partial charge >= 0.3 is 5.97 Å². The normalized spacial score (nSPS) is 13.9. The molecule has 2 unspecified atom stereocenters. The molecule has 2 N–H and O–H groups in total. The van der Waals surface area contributed by atoms with Crippen LogP contribution in [0.3, 0.4) is 0 Å². The minimum Gasteiger partial charge on any atom is -0.462 e. The summed E-state index contributed by atoms with van der Waals surface area (Å²) >= 11 is 5.47. The molecule has 0 fully saturated rings. The van der Waals surface area contributed by atoms with E-state index in [1.807, 2.05) is 0 Å². The molecule has 19 heavy (non-hydrogen) atoms. The molecule has 2 atom stereocenters. The zero-order valence-electron chi connectivity index (χ0n) is 10.5. The van der Waals surface area contributed by atoms with E-state index in [9.17, 15) is 19.4 Å². The summed E-state index contributed by atoms with van der Waals surface area (Å²) < 4.78 is 18.1. The molecule has 0 radical (unpaired) electrons. The zero-order valence-corrected chi connectivity index (χ0v) is 11.2. The van der Waals surface area contributed by atoms with Crippen LogP contribution in [0.1, 0.15) is 35.4 Å². The van der Waals surface area contributed by atoms with Crippen molar-refractivity contribution < 1.29 is 24.1 Å². The van der Waals surface area contributed by atoms with Gasteiger partial charge in [0.05, 0.1) is 18.3 Å². The number of rotatable bonds is 6. The molecule has 1 rings (SSSR count). The molecule has 0 aliphatic carbocycles. The van der Waals surface area contributed by atoms with E-state index in [-0.39, 0.29) is 30.0 Å². The molecule has 0 saturated heterocycles. The highest BCUT2D eigenvalue weighted by molar-refractivity contribution is 6.17. The smallest absolute Gasteiger partial charge is 0.338 e. The first-order valence-corrected chi connectivity index (χ1v) is 6.43. The Hall–Kier alpha value is -1.17. The summed E-state index contributed by atoms with van der Waals surface area (Å²) in [6.45, 7) is 1.80. The second-order valence-corrected chi connectivity index (χ2v) is 4.32. The summed E-state index contributed by atoms with van der Waals surface area (Å²) in [6.07, 6.45) is -2.44.